The van der Waals surface area contributed by atoms with Crippen LogP contribution in [0.15, 0.2) is 18.2 Å². The van der Waals surface area contributed by atoms with Gasteiger partial charge in [0.1, 0.15) is 23.1 Å². The number of benzene rings is 1. The number of hydrogen-bond donors (Lipinski definition) is 2. The van der Waals surface area contributed by atoms with Gasteiger partial charge >= 0.3 is 18.4 Å². The summed E-state index contributed by atoms with van der Waals surface area (Å²) in [5.41, 5.74) is -0.549. The number of carbonyl (C=O) groups excluding carboxylic acids is 1. The van der Waals surface area contributed by atoms with E-state index in [0.717, 1.165) is 12.1 Å². The van der Waals surface area contributed by atoms with Crippen LogP contribution in [0.5, 0.6) is 11.5 Å². The van der Waals surface area contributed by atoms with Gasteiger partial charge in [0, 0.05) is 12.5 Å². The molecule has 1 aromatic carbocycles. The third-order valence-corrected chi connectivity index (χ3v) is 2.91. The third-order valence-electron chi connectivity index (χ3n) is 2.91. The van der Waals surface area contributed by atoms with Gasteiger partial charge in [-0.2, -0.15) is 0 Å². The molecule has 0 radical (unpaired) electrons. The Labute approximate surface area is 148 Å². The maximum Gasteiger partial charge on any atom is 0.573 e. The Morgan fingerprint density at radius 2 is 1.85 bits per heavy atom. The van der Waals surface area contributed by atoms with Crippen molar-refractivity contribution in [3.63, 3.8) is 0 Å². The maximum absolute atomic E-state index is 12.3. The molecule has 0 aromatic heterocycles. The number of rotatable bonds is 6. The first-order valence-corrected chi connectivity index (χ1v) is 7.45. The fourth-order valence-electron chi connectivity index (χ4n) is 1.96. The molecule has 0 heterocycles. The molecule has 10 heteroatoms. The summed E-state index contributed by atoms with van der Waals surface area (Å²) in [5, 5.41) is 11.5. The zero-order chi connectivity index (χ0) is 20.1. The molecule has 7 nitrogen and oxygen atoms in total. The minimum atomic E-state index is -4.87. The van der Waals surface area contributed by atoms with E-state index >= 15 is 0 Å². The smallest absolute Gasteiger partial charge is 0.496 e. The molecule has 2 N–H and O–H groups in total. The lowest BCUT2D eigenvalue weighted by Gasteiger charge is -2.22. The highest BCUT2D eigenvalue weighted by atomic mass is 19.4. The number of ether oxygens (including phenoxy) is 3. The maximum atomic E-state index is 12.3. The lowest BCUT2D eigenvalue weighted by molar-refractivity contribution is -0.274. The van der Waals surface area contributed by atoms with E-state index < -0.39 is 35.8 Å². The van der Waals surface area contributed by atoms with Crippen molar-refractivity contribution >= 4 is 12.1 Å². The van der Waals surface area contributed by atoms with E-state index in [-0.39, 0.29) is 17.7 Å². The van der Waals surface area contributed by atoms with E-state index in [2.05, 4.69) is 10.1 Å². The average Bonchev–Trinajstić information content (AvgIpc) is 2.44. The average molecular weight is 379 g/mol. The predicted molar refractivity (Wildman–Crippen MR) is 84.2 cm³/mol. The fourth-order valence-corrected chi connectivity index (χ4v) is 1.96. The molecular formula is C16H20F3NO6. The van der Waals surface area contributed by atoms with Crippen LogP contribution in [0.1, 0.15) is 26.3 Å². The van der Waals surface area contributed by atoms with Gasteiger partial charge in [0.25, 0.3) is 0 Å². The van der Waals surface area contributed by atoms with Crippen molar-refractivity contribution < 1.29 is 42.1 Å². The van der Waals surface area contributed by atoms with Gasteiger partial charge in [-0.05, 0) is 32.4 Å². The number of halogens is 3. The quantitative estimate of drug-likeness (QED) is 0.789. The van der Waals surface area contributed by atoms with Gasteiger partial charge < -0.3 is 24.6 Å². The van der Waals surface area contributed by atoms with Crippen LogP contribution >= 0.6 is 0 Å². The van der Waals surface area contributed by atoms with Gasteiger partial charge in [0.05, 0.1) is 7.11 Å². The van der Waals surface area contributed by atoms with E-state index in [1.165, 1.54) is 13.2 Å². The first-order chi connectivity index (χ1) is 11.8. The number of amides is 1. The molecule has 0 bridgehead atoms. The summed E-state index contributed by atoms with van der Waals surface area (Å²) in [7, 11) is 1.22. The molecule has 1 aromatic rings. The molecule has 0 saturated heterocycles. The highest BCUT2D eigenvalue weighted by Gasteiger charge is 2.31. The first-order valence-electron chi connectivity index (χ1n) is 7.45. The van der Waals surface area contributed by atoms with E-state index in [4.69, 9.17) is 9.47 Å². The molecule has 146 valence electrons. The SMILES string of the molecule is COc1cc(OC(F)(F)F)ccc1CC(NC(=O)OC(C)(C)C)C(=O)O. The van der Waals surface area contributed by atoms with Crippen molar-refractivity contribution in [1.82, 2.24) is 5.32 Å². The summed E-state index contributed by atoms with van der Waals surface area (Å²) in [6.07, 6.45) is -6.03. The largest absolute Gasteiger partial charge is 0.573 e. The van der Waals surface area contributed by atoms with E-state index in [1.54, 1.807) is 20.8 Å². The molecule has 1 amide bonds. The zero-order valence-electron chi connectivity index (χ0n) is 14.6. The Kier molecular flexibility index (Phi) is 6.71. The second-order valence-corrected chi connectivity index (χ2v) is 6.26. The molecule has 26 heavy (non-hydrogen) atoms. The topological polar surface area (TPSA) is 94.1 Å². The van der Waals surface area contributed by atoms with Crippen molar-refractivity contribution in [1.29, 1.82) is 0 Å². The second kappa shape index (κ2) is 8.15. The minimum absolute atomic E-state index is 0.0102. The second-order valence-electron chi connectivity index (χ2n) is 6.26. The summed E-state index contributed by atoms with van der Waals surface area (Å²) >= 11 is 0. The van der Waals surface area contributed by atoms with Crippen LogP contribution in [0.2, 0.25) is 0 Å². The Morgan fingerprint density at radius 3 is 2.31 bits per heavy atom. The van der Waals surface area contributed by atoms with Crippen LogP contribution in [-0.2, 0) is 16.0 Å². The monoisotopic (exact) mass is 379 g/mol. The number of aliphatic carboxylic acids is 1. The third kappa shape index (κ3) is 7.49. The Morgan fingerprint density at radius 1 is 1.23 bits per heavy atom. The van der Waals surface area contributed by atoms with Crippen LogP contribution in [0.4, 0.5) is 18.0 Å². The summed E-state index contributed by atoms with van der Waals surface area (Å²) in [6.45, 7) is 4.85. The van der Waals surface area contributed by atoms with Crippen molar-refractivity contribution in [3.8, 4) is 11.5 Å². The number of carboxylic acid groups (broad SMARTS) is 1. The Hall–Kier alpha value is -2.65. The van der Waals surface area contributed by atoms with Crippen LogP contribution in [-0.4, -0.2) is 42.3 Å². The lowest BCUT2D eigenvalue weighted by Crippen LogP contribution is -2.44. The molecule has 1 unspecified atom stereocenters. The summed E-state index contributed by atoms with van der Waals surface area (Å²) in [5.74, 6) is -1.86. The molecule has 0 aliphatic carbocycles. The van der Waals surface area contributed by atoms with Gasteiger partial charge in [0.15, 0.2) is 0 Å². The van der Waals surface area contributed by atoms with Gasteiger partial charge in [-0.3, -0.25) is 0 Å². The van der Waals surface area contributed by atoms with E-state index in [1.807, 2.05) is 0 Å². The lowest BCUT2D eigenvalue weighted by atomic mass is 10.0. The van der Waals surface area contributed by atoms with Gasteiger partial charge in [-0.15, -0.1) is 13.2 Å². The van der Waals surface area contributed by atoms with Gasteiger partial charge in [0.2, 0.25) is 0 Å². The minimum Gasteiger partial charge on any atom is -0.496 e. The highest BCUT2D eigenvalue weighted by Crippen LogP contribution is 2.29. The molecule has 1 atom stereocenters. The first kappa shape index (κ1) is 21.4. The molecule has 0 spiro atoms. The number of nitrogens with one attached hydrogen (secondary N) is 1. The number of methoxy groups -OCH3 is 1. The van der Waals surface area contributed by atoms with Crippen molar-refractivity contribution in [2.24, 2.45) is 0 Å². The summed E-state index contributed by atoms with van der Waals surface area (Å²) < 4.78 is 50.6. The van der Waals surface area contributed by atoms with Crippen LogP contribution < -0.4 is 14.8 Å². The van der Waals surface area contributed by atoms with E-state index in [0.29, 0.717) is 0 Å². The highest BCUT2D eigenvalue weighted by molar-refractivity contribution is 5.80. The summed E-state index contributed by atoms with van der Waals surface area (Å²) in [4.78, 5) is 23.1. The normalized spacial score (nSPS) is 12.9. The Bertz CT molecular complexity index is 654. The number of alkyl halides is 3. The van der Waals surface area contributed by atoms with Crippen molar-refractivity contribution in [2.75, 3.05) is 7.11 Å². The van der Waals surface area contributed by atoms with Gasteiger partial charge in [-0.25, -0.2) is 9.59 Å². The molecule has 0 aliphatic heterocycles. The summed E-state index contributed by atoms with van der Waals surface area (Å²) in [6, 6.07) is 1.87. The number of hydrogen-bond acceptors (Lipinski definition) is 5. The molecule has 0 saturated carbocycles. The van der Waals surface area contributed by atoms with Crippen molar-refractivity contribution in [2.45, 2.75) is 45.2 Å². The molecule has 0 fully saturated rings. The van der Waals surface area contributed by atoms with Crippen LogP contribution in [0.25, 0.3) is 0 Å². The molecule has 0 aliphatic rings. The Balaban J connectivity index is 2.94. The van der Waals surface area contributed by atoms with Gasteiger partial charge in [-0.1, -0.05) is 6.07 Å². The number of carboxylic acids is 1. The molecule has 1 rings (SSSR count). The van der Waals surface area contributed by atoms with Crippen LogP contribution in [0, 0.1) is 0 Å². The fraction of sp³-hybridized carbons (Fsp3) is 0.500. The number of carbonyl (C=O) groups is 2. The van der Waals surface area contributed by atoms with E-state index in [9.17, 15) is 27.9 Å². The number of alkyl carbamates (subject to hydrolysis) is 1. The predicted octanol–water partition coefficient (Wildman–Crippen LogP) is 3.11. The standard InChI is InChI=1S/C16H20F3NO6/c1-15(2,3)26-14(23)20-11(13(21)22)7-9-5-6-10(8-12(9)24-4)25-16(17,18)19/h5-6,8,11H,7H2,1-4H3,(H,20,23)(H,21,22). The van der Waals surface area contributed by atoms with Crippen molar-refractivity contribution in [3.05, 3.63) is 23.8 Å². The zero-order valence-corrected chi connectivity index (χ0v) is 14.6. The van der Waals surface area contributed by atoms with Crippen LogP contribution in [0.3, 0.4) is 0 Å². The molecular weight excluding hydrogens is 359 g/mol.